The number of rotatable bonds is 4. The van der Waals surface area contributed by atoms with Crippen molar-refractivity contribution in [3.63, 3.8) is 0 Å². The summed E-state index contributed by atoms with van der Waals surface area (Å²) in [5, 5.41) is 12.2. The summed E-state index contributed by atoms with van der Waals surface area (Å²) in [7, 11) is 3.93. The van der Waals surface area contributed by atoms with Gasteiger partial charge in [-0.2, -0.15) is 5.10 Å². The van der Waals surface area contributed by atoms with Gasteiger partial charge in [0.15, 0.2) is 17.3 Å². The van der Waals surface area contributed by atoms with E-state index in [1.54, 1.807) is 29.6 Å². The SMILES string of the molecule is CN(C)c1cnnc(N2CCN(C(=O)c3cc(-c4cccnc4)on3)CC2)c1. The smallest absolute Gasteiger partial charge is 0.276 e. The third kappa shape index (κ3) is 3.64. The van der Waals surface area contributed by atoms with Crippen molar-refractivity contribution in [2.24, 2.45) is 0 Å². The van der Waals surface area contributed by atoms with E-state index in [0.29, 0.717) is 37.6 Å². The molecule has 0 N–H and O–H groups in total. The molecule has 0 spiro atoms. The Labute approximate surface area is 162 Å². The minimum Gasteiger partial charge on any atom is -0.376 e. The average Bonchev–Trinajstić information content (AvgIpc) is 3.24. The van der Waals surface area contributed by atoms with Crippen LogP contribution < -0.4 is 9.80 Å². The molecule has 28 heavy (non-hydrogen) atoms. The molecule has 1 aliphatic rings. The first-order chi connectivity index (χ1) is 13.6. The van der Waals surface area contributed by atoms with Gasteiger partial charge in [0, 0.05) is 70.4 Å². The molecule has 9 heteroatoms. The Morgan fingerprint density at radius 3 is 2.68 bits per heavy atom. The first-order valence-corrected chi connectivity index (χ1v) is 9.03. The van der Waals surface area contributed by atoms with Gasteiger partial charge in [-0.1, -0.05) is 5.16 Å². The number of pyridine rings is 1. The molecule has 9 nitrogen and oxygen atoms in total. The maximum atomic E-state index is 12.8. The van der Waals surface area contributed by atoms with Crippen molar-refractivity contribution in [3.05, 3.63) is 48.5 Å². The molecule has 0 unspecified atom stereocenters. The fraction of sp³-hybridized carbons (Fsp3) is 0.316. The van der Waals surface area contributed by atoms with Crippen molar-refractivity contribution in [2.45, 2.75) is 0 Å². The molecular formula is C19H21N7O2. The summed E-state index contributed by atoms with van der Waals surface area (Å²) in [5.74, 6) is 1.22. The zero-order chi connectivity index (χ0) is 19.5. The summed E-state index contributed by atoms with van der Waals surface area (Å²) >= 11 is 0. The van der Waals surface area contributed by atoms with Crippen LogP contribution in [0.5, 0.6) is 0 Å². The largest absolute Gasteiger partial charge is 0.376 e. The van der Waals surface area contributed by atoms with E-state index in [1.807, 2.05) is 37.2 Å². The number of anilines is 2. The molecule has 0 aliphatic carbocycles. The number of hydrogen-bond donors (Lipinski definition) is 0. The average molecular weight is 379 g/mol. The van der Waals surface area contributed by atoms with Crippen LogP contribution in [-0.2, 0) is 0 Å². The van der Waals surface area contributed by atoms with Crippen LogP contribution in [0.15, 0.2) is 47.4 Å². The van der Waals surface area contributed by atoms with Crippen LogP contribution in [0, 0.1) is 0 Å². The predicted octanol–water partition coefficient (Wildman–Crippen LogP) is 1.55. The fourth-order valence-corrected chi connectivity index (χ4v) is 3.07. The molecule has 0 atom stereocenters. The van der Waals surface area contributed by atoms with Crippen molar-refractivity contribution in [1.29, 1.82) is 0 Å². The molecule has 0 bridgehead atoms. The van der Waals surface area contributed by atoms with Gasteiger partial charge in [-0.3, -0.25) is 9.78 Å². The Balaban J connectivity index is 1.41. The van der Waals surface area contributed by atoms with E-state index in [2.05, 4.69) is 25.2 Å². The first kappa shape index (κ1) is 17.9. The molecule has 1 fully saturated rings. The van der Waals surface area contributed by atoms with Crippen LogP contribution in [-0.4, -0.2) is 71.4 Å². The van der Waals surface area contributed by atoms with Gasteiger partial charge in [0.1, 0.15) is 0 Å². The summed E-state index contributed by atoms with van der Waals surface area (Å²) in [4.78, 5) is 22.7. The van der Waals surface area contributed by atoms with Crippen molar-refractivity contribution < 1.29 is 9.32 Å². The van der Waals surface area contributed by atoms with E-state index in [-0.39, 0.29) is 5.91 Å². The Morgan fingerprint density at radius 2 is 1.96 bits per heavy atom. The third-order valence-electron chi connectivity index (χ3n) is 4.71. The summed E-state index contributed by atoms with van der Waals surface area (Å²) in [6, 6.07) is 7.34. The predicted molar refractivity (Wildman–Crippen MR) is 104 cm³/mol. The minimum absolute atomic E-state index is 0.133. The van der Waals surface area contributed by atoms with E-state index in [9.17, 15) is 4.79 Å². The molecule has 4 heterocycles. The molecule has 1 aliphatic heterocycles. The molecule has 144 valence electrons. The summed E-state index contributed by atoms with van der Waals surface area (Å²) < 4.78 is 5.32. The number of carbonyl (C=O) groups is 1. The Hall–Kier alpha value is -3.49. The molecule has 4 rings (SSSR count). The normalized spacial score (nSPS) is 14.2. The van der Waals surface area contributed by atoms with Gasteiger partial charge in [0.2, 0.25) is 0 Å². The molecule has 1 amide bonds. The standard InChI is InChI=1S/C19H21N7O2/c1-24(2)15-10-18(22-21-13-15)25-6-8-26(9-7-25)19(27)16-11-17(28-23-16)14-4-3-5-20-12-14/h3-5,10-13H,6-9H2,1-2H3. The second-order valence-electron chi connectivity index (χ2n) is 6.76. The molecule has 0 radical (unpaired) electrons. The summed E-state index contributed by atoms with van der Waals surface area (Å²) in [6.45, 7) is 2.54. The molecular weight excluding hydrogens is 358 g/mol. The zero-order valence-corrected chi connectivity index (χ0v) is 15.8. The second kappa shape index (κ2) is 7.63. The zero-order valence-electron chi connectivity index (χ0n) is 15.8. The maximum absolute atomic E-state index is 12.8. The van der Waals surface area contributed by atoms with Gasteiger partial charge in [-0.05, 0) is 12.1 Å². The van der Waals surface area contributed by atoms with Crippen LogP contribution in [0.25, 0.3) is 11.3 Å². The Morgan fingerprint density at radius 1 is 1.14 bits per heavy atom. The molecule has 3 aromatic heterocycles. The minimum atomic E-state index is -0.133. The lowest BCUT2D eigenvalue weighted by Gasteiger charge is -2.35. The highest BCUT2D eigenvalue weighted by atomic mass is 16.5. The van der Waals surface area contributed by atoms with E-state index < -0.39 is 0 Å². The fourth-order valence-electron chi connectivity index (χ4n) is 3.07. The van der Waals surface area contributed by atoms with Gasteiger partial charge in [0.05, 0.1) is 11.9 Å². The van der Waals surface area contributed by atoms with E-state index >= 15 is 0 Å². The Kier molecular flexibility index (Phi) is 4.88. The summed E-state index contributed by atoms with van der Waals surface area (Å²) in [6.07, 6.45) is 5.09. The topological polar surface area (TPSA) is 91.5 Å². The number of piperazine rings is 1. The van der Waals surface area contributed by atoms with Crippen molar-refractivity contribution in [1.82, 2.24) is 25.2 Å². The third-order valence-corrected chi connectivity index (χ3v) is 4.71. The van der Waals surface area contributed by atoms with Crippen LogP contribution >= 0.6 is 0 Å². The van der Waals surface area contributed by atoms with Gasteiger partial charge in [-0.15, -0.1) is 5.10 Å². The maximum Gasteiger partial charge on any atom is 0.276 e. The van der Waals surface area contributed by atoms with Crippen molar-refractivity contribution >= 4 is 17.4 Å². The van der Waals surface area contributed by atoms with E-state index in [4.69, 9.17) is 4.52 Å². The molecule has 0 saturated carbocycles. The van der Waals surface area contributed by atoms with Gasteiger partial charge >= 0.3 is 0 Å². The highest BCUT2D eigenvalue weighted by Gasteiger charge is 2.25. The van der Waals surface area contributed by atoms with Crippen molar-refractivity contribution in [3.8, 4) is 11.3 Å². The highest BCUT2D eigenvalue weighted by Crippen LogP contribution is 2.21. The lowest BCUT2D eigenvalue weighted by molar-refractivity contribution is 0.0736. The van der Waals surface area contributed by atoms with Crippen LogP contribution in [0.4, 0.5) is 11.5 Å². The molecule has 3 aromatic rings. The van der Waals surface area contributed by atoms with Gasteiger partial charge in [0.25, 0.3) is 5.91 Å². The number of hydrogen-bond acceptors (Lipinski definition) is 8. The highest BCUT2D eigenvalue weighted by molar-refractivity contribution is 5.93. The van der Waals surface area contributed by atoms with Crippen LogP contribution in [0.3, 0.4) is 0 Å². The quantitative estimate of drug-likeness (QED) is 0.674. The lowest BCUT2D eigenvalue weighted by Crippen LogP contribution is -2.49. The van der Waals surface area contributed by atoms with Gasteiger partial charge < -0.3 is 19.2 Å². The lowest BCUT2D eigenvalue weighted by atomic mass is 10.2. The number of aromatic nitrogens is 4. The Bertz CT molecular complexity index is 950. The van der Waals surface area contributed by atoms with E-state index in [0.717, 1.165) is 17.1 Å². The van der Waals surface area contributed by atoms with Gasteiger partial charge in [-0.25, -0.2) is 0 Å². The van der Waals surface area contributed by atoms with Crippen LogP contribution in [0.1, 0.15) is 10.5 Å². The van der Waals surface area contributed by atoms with Crippen molar-refractivity contribution in [2.75, 3.05) is 50.1 Å². The first-order valence-electron chi connectivity index (χ1n) is 9.03. The summed E-state index contributed by atoms with van der Waals surface area (Å²) in [5.41, 5.74) is 2.09. The molecule has 0 aromatic carbocycles. The van der Waals surface area contributed by atoms with E-state index in [1.165, 1.54) is 0 Å². The number of nitrogens with zero attached hydrogens (tertiary/aromatic N) is 7. The number of amides is 1. The van der Waals surface area contributed by atoms with Crippen LogP contribution in [0.2, 0.25) is 0 Å². The molecule has 1 saturated heterocycles. The number of carbonyl (C=O) groups excluding carboxylic acids is 1. The second-order valence-corrected chi connectivity index (χ2v) is 6.76. The monoisotopic (exact) mass is 379 g/mol.